The fraction of sp³-hybridized carbons (Fsp3) is 0.250. The largest absolute Gasteiger partial charge is 0.364 e. The Morgan fingerprint density at radius 3 is 2.41 bits per heavy atom. The number of rotatable bonds is 9. The van der Waals surface area contributed by atoms with E-state index in [2.05, 4.69) is 15.0 Å². The van der Waals surface area contributed by atoms with Crippen molar-refractivity contribution in [3.8, 4) is 11.1 Å². The molecular formula is C20H22N4O4S. The molecule has 0 bridgehead atoms. The molecule has 152 valence electrons. The lowest BCUT2D eigenvalue weighted by Crippen LogP contribution is -2.23. The van der Waals surface area contributed by atoms with Gasteiger partial charge in [0.25, 0.3) is 0 Å². The van der Waals surface area contributed by atoms with E-state index in [1.54, 1.807) is 0 Å². The molecule has 3 aromatic rings. The Bertz CT molecular complexity index is 1120. The third kappa shape index (κ3) is 5.72. The molecule has 0 saturated heterocycles. The highest BCUT2D eigenvalue weighted by atomic mass is 32.2. The molecule has 1 aromatic heterocycles. The normalized spacial score (nSPS) is 11.5. The van der Waals surface area contributed by atoms with E-state index in [1.165, 1.54) is 6.07 Å². The average molecular weight is 414 g/mol. The van der Waals surface area contributed by atoms with E-state index in [1.807, 2.05) is 48.5 Å². The highest BCUT2D eigenvalue weighted by Gasteiger charge is 2.17. The predicted octanol–water partition coefficient (Wildman–Crippen LogP) is 3.55. The van der Waals surface area contributed by atoms with Gasteiger partial charge in [0.2, 0.25) is 15.8 Å². The van der Waals surface area contributed by atoms with E-state index in [4.69, 9.17) is 0 Å². The maximum atomic E-state index is 11.4. The van der Waals surface area contributed by atoms with Crippen LogP contribution in [0.4, 0.5) is 11.5 Å². The minimum Gasteiger partial charge on any atom is -0.364 e. The van der Waals surface area contributed by atoms with E-state index in [-0.39, 0.29) is 11.5 Å². The van der Waals surface area contributed by atoms with Gasteiger partial charge < -0.3 is 5.32 Å². The molecule has 0 atom stereocenters. The van der Waals surface area contributed by atoms with Gasteiger partial charge in [0, 0.05) is 24.5 Å². The van der Waals surface area contributed by atoms with Crippen LogP contribution in [0, 0.1) is 10.1 Å². The summed E-state index contributed by atoms with van der Waals surface area (Å²) in [5.74, 6) is 0.212. The molecule has 0 fully saturated rings. The minimum absolute atomic E-state index is 0.0841. The SMILES string of the molecule is CS(=O)(=O)NCCCCNc1nc2cc(-c3ccccc3)ccc2cc1[N+](=O)[O-]. The number of nitro groups is 1. The zero-order chi connectivity index (χ0) is 20.9. The van der Waals surface area contributed by atoms with E-state index < -0.39 is 14.9 Å². The number of nitrogens with zero attached hydrogens (tertiary/aromatic N) is 2. The lowest BCUT2D eigenvalue weighted by Gasteiger charge is -2.09. The van der Waals surface area contributed by atoms with Crippen LogP contribution in [0.5, 0.6) is 0 Å². The number of fused-ring (bicyclic) bond motifs is 1. The quantitative estimate of drug-likeness (QED) is 0.314. The molecule has 0 unspecified atom stereocenters. The van der Waals surface area contributed by atoms with E-state index >= 15 is 0 Å². The van der Waals surface area contributed by atoms with Crippen molar-refractivity contribution < 1.29 is 13.3 Å². The monoisotopic (exact) mass is 414 g/mol. The third-order valence-electron chi connectivity index (χ3n) is 4.36. The van der Waals surface area contributed by atoms with Gasteiger partial charge in [-0.2, -0.15) is 0 Å². The standard InChI is InChI=1S/C20H22N4O4S/c1-29(27,28)22-12-6-5-11-21-20-19(24(25)26)14-17-10-9-16(13-18(17)23-20)15-7-3-2-4-8-15/h2-4,7-10,13-14,22H,5-6,11-12H2,1H3,(H,21,23). The Balaban J connectivity index is 1.77. The maximum Gasteiger partial charge on any atom is 0.312 e. The Hall–Kier alpha value is -3.04. The number of sulfonamides is 1. The molecule has 0 aliphatic heterocycles. The van der Waals surface area contributed by atoms with Crippen LogP contribution >= 0.6 is 0 Å². The molecule has 0 aliphatic carbocycles. The highest BCUT2D eigenvalue weighted by Crippen LogP contribution is 2.30. The maximum absolute atomic E-state index is 11.4. The van der Waals surface area contributed by atoms with Gasteiger partial charge in [0.05, 0.1) is 16.7 Å². The molecule has 9 heteroatoms. The molecule has 0 spiro atoms. The van der Waals surface area contributed by atoms with Crippen molar-refractivity contribution in [1.29, 1.82) is 0 Å². The summed E-state index contributed by atoms with van der Waals surface area (Å²) >= 11 is 0. The Morgan fingerprint density at radius 1 is 1.00 bits per heavy atom. The topological polar surface area (TPSA) is 114 Å². The van der Waals surface area contributed by atoms with E-state index in [9.17, 15) is 18.5 Å². The summed E-state index contributed by atoms with van der Waals surface area (Å²) in [5.41, 5.74) is 2.61. The molecule has 3 rings (SSSR count). The Kier molecular flexibility index (Phi) is 6.40. The number of benzene rings is 2. The summed E-state index contributed by atoms with van der Waals surface area (Å²) in [4.78, 5) is 15.5. The lowest BCUT2D eigenvalue weighted by atomic mass is 10.0. The molecule has 0 saturated carbocycles. The van der Waals surface area contributed by atoms with Crippen LogP contribution in [0.25, 0.3) is 22.0 Å². The molecule has 2 N–H and O–H groups in total. The molecular weight excluding hydrogens is 392 g/mol. The van der Waals surface area contributed by atoms with Crippen molar-refractivity contribution in [3.05, 3.63) is 64.7 Å². The fourth-order valence-electron chi connectivity index (χ4n) is 2.95. The number of unbranched alkanes of at least 4 members (excludes halogenated alkanes) is 1. The molecule has 8 nitrogen and oxygen atoms in total. The van der Waals surface area contributed by atoms with Crippen LogP contribution in [-0.2, 0) is 10.0 Å². The van der Waals surface area contributed by atoms with Gasteiger partial charge in [-0.15, -0.1) is 0 Å². The predicted molar refractivity (Wildman–Crippen MR) is 114 cm³/mol. The number of aromatic nitrogens is 1. The molecule has 0 radical (unpaired) electrons. The van der Waals surface area contributed by atoms with Crippen LogP contribution in [-0.4, -0.2) is 37.7 Å². The molecule has 0 aliphatic rings. The van der Waals surface area contributed by atoms with Gasteiger partial charge in [-0.25, -0.2) is 18.1 Å². The van der Waals surface area contributed by atoms with Crippen LogP contribution in [0.3, 0.4) is 0 Å². The van der Waals surface area contributed by atoms with Crippen LogP contribution < -0.4 is 10.0 Å². The summed E-state index contributed by atoms with van der Waals surface area (Å²) in [7, 11) is -3.20. The van der Waals surface area contributed by atoms with Gasteiger partial charge in [0.1, 0.15) is 0 Å². The first kappa shape index (κ1) is 20.7. The van der Waals surface area contributed by atoms with Gasteiger partial charge in [0.15, 0.2) is 0 Å². The molecule has 2 aromatic carbocycles. The van der Waals surface area contributed by atoms with Crippen molar-refractivity contribution in [1.82, 2.24) is 9.71 Å². The third-order valence-corrected chi connectivity index (χ3v) is 5.09. The Labute approximate surface area is 169 Å². The van der Waals surface area contributed by atoms with Crippen LogP contribution in [0.15, 0.2) is 54.6 Å². The summed E-state index contributed by atoms with van der Waals surface area (Å²) in [6.45, 7) is 0.775. The second kappa shape index (κ2) is 8.97. The Morgan fingerprint density at radius 2 is 1.72 bits per heavy atom. The van der Waals surface area contributed by atoms with Crippen molar-refractivity contribution >= 4 is 32.4 Å². The summed E-state index contributed by atoms with van der Waals surface area (Å²) < 4.78 is 24.5. The zero-order valence-electron chi connectivity index (χ0n) is 16.0. The average Bonchev–Trinajstić information content (AvgIpc) is 2.69. The zero-order valence-corrected chi connectivity index (χ0v) is 16.8. The summed E-state index contributed by atoms with van der Waals surface area (Å²) in [6.07, 6.45) is 2.36. The van der Waals surface area contributed by atoms with E-state index in [0.717, 1.165) is 17.4 Å². The first-order valence-electron chi connectivity index (χ1n) is 9.16. The van der Waals surface area contributed by atoms with E-state index in [0.29, 0.717) is 36.8 Å². The minimum atomic E-state index is -3.20. The highest BCUT2D eigenvalue weighted by molar-refractivity contribution is 7.88. The van der Waals surface area contributed by atoms with Gasteiger partial charge in [-0.3, -0.25) is 10.1 Å². The van der Waals surface area contributed by atoms with Crippen molar-refractivity contribution in [2.24, 2.45) is 0 Å². The summed E-state index contributed by atoms with van der Waals surface area (Å²) in [5, 5.41) is 15.2. The van der Waals surface area contributed by atoms with Crippen molar-refractivity contribution in [2.45, 2.75) is 12.8 Å². The number of anilines is 1. The van der Waals surface area contributed by atoms with Crippen molar-refractivity contribution in [2.75, 3.05) is 24.7 Å². The first-order chi connectivity index (χ1) is 13.8. The molecule has 1 heterocycles. The number of hydrogen-bond donors (Lipinski definition) is 2. The number of nitrogens with one attached hydrogen (secondary N) is 2. The second-order valence-electron chi connectivity index (χ2n) is 6.69. The second-order valence-corrected chi connectivity index (χ2v) is 8.52. The number of pyridine rings is 1. The van der Waals surface area contributed by atoms with Gasteiger partial charge in [-0.1, -0.05) is 42.5 Å². The summed E-state index contributed by atoms with van der Waals surface area (Å²) in [6, 6.07) is 17.0. The smallest absolute Gasteiger partial charge is 0.312 e. The van der Waals surface area contributed by atoms with Crippen molar-refractivity contribution in [3.63, 3.8) is 0 Å². The van der Waals surface area contributed by atoms with Crippen LogP contribution in [0.2, 0.25) is 0 Å². The lowest BCUT2D eigenvalue weighted by molar-refractivity contribution is -0.384. The fourth-order valence-corrected chi connectivity index (χ4v) is 3.46. The number of hydrogen-bond acceptors (Lipinski definition) is 6. The van der Waals surface area contributed by atoms with Gasteiger partial charge >= 0.3 is 5.69 Å². The van der Waals surface area contributed by atoms with Gasteiger partial charge in [-0.05, 0) is 30.0 Å². The molecule has 0 amide bonds. The van der Waals surface area contributed by atoms with Crippen LogP contribution in [0.1, 0.15) is 12.8 Å². The molecule has 29 heavy (non-hydrogen) atoms. The first-order valence-corrected chi connectivity index (χ1v) is 11.1.